The van der Waals surface area contributed by atoms with Gasteiger partial charge in [-0.05, 0) is 11.5 Å². The number of rotatable bonds is 6. The van der Waals surface area contributed by atoms with Crippen LogP contribution in [0.15, 0.2) is 30.3 Å². The monoisotopic (exact) mass is 304 g/mol. The molecule has 1 aliphatic rings. The molecule has 1 fully saturated rings. The molecule has 120 valence electrons. The van der Waals surface area contributed by atoms with E-state index in [1.165, 1.54) is 10.5 Å². The van der Waals surface area contributed by atoms with Crippen LogP contribution in [-0.2, 0) is 9.59 Å². The lowest BCUT2D eigenvalue weighted by Crippen LogP contribution is -3.14. The van der Waals surface area contributed by atoms with Crippen molar-refractivity contribution in [3.63, 3.8) is 0 Å². The summed E-state index contributed by atoms with van der Waals surface area (Å²) in [5.41, 5.74) is 6.56. The predicted molar refractivity (Wildman–Crippen MR) is 85.3 cm³/mol. The van der Waals surface area contributed by atoms with Crippen molar-refractivity contribution in [2.45, 2.75) is 25.7 Å². The van der Waals surface area contributed by atoms with Crippen LogP contribution in [0.4, 0.5) is 0 Å². The van der Waals surface area contributed by atoms with Crippen molar-refractivity contribution in [1.29, 1.82) is 0 Å². The summed E-state index contributed by atoms with van der Waals surface area (Å²) in [4.78, 5) is 24.4. The first kappa shape index (κ1) is 16.5. The van der Waals surface area contributed by atoms with Gasteiger partial charge in [0.2, 0.25) is 5.91 Å². The van der Waals surface area contributed by atoms with Crippen LogP contribution in [0, 0.1) is 5.92 Å². The van der Waals surface area contributed by atoms with Crippen LogP contribution in [0.2, 0.25) is 0 Å². The standard InChI is InChI=1S/C17H25N3O2/c1-13(14-5-3-2-4-6-14)11-19-16(21)12-20-9-7-15(8-10-20)17(18)22/h2-6,13,15H,7-12H2,1H3,(H2,18,22)(H,19,21)/p+1/t13-/m1/s1. The summed E-state index contributed by atoms with van der Waals surface area (Å²) in [6.07, 6.45) is 1.58. The molecule has 1 aromatic rings. The van der Waals surface area contributed by atoms with Crippen molar-refractivity contribution in [3.05, 3.63) is 35.9 Å². The minimum atomic E-state index is -0.208. The zero-order chi connectivity index (χ0) is 15.9. The van der Waals surface area contributed by atoms with E-state index in [9.17, 15) is 9.59 Å². The molecule has 0 unspecified atom stereocenters. The molecule has 4 N–H and O–H groups in total. The van der Waals surface area contributed by atoms with E-state index in [4.69, 9.17) is 5.73 Å². The summed E-state index contributed by atoms with van der Waals surface area (Å²) in [6, 6.07) is 10.2. The second kappa shape index (κ2) is 7.94. The molecule has 1 saturated heterocycles. The maximum Gasteiger partial charge on any atom is 0.275 e. The maximum absolute atomic E-state index is 12.0. The third kappa shape index (κ3) is 4.84. The number of quaternary nitrogens is 1. The van der Waals surface area contributed by atoms with Gasteiger partial charge in [0.05, 0.1) is 13.1 Å². The van der Waals surface area contributed by atoms with Crippen LogP contribution in [0.25, 0.3) is 0 Å². The van der Waals surface area contributed by atoms with E-state index < -0.39 is 0 Å². The number of primary amides is 1. The molecular formula is C17H26N3O2+. The SMILES string of the molecule is C[C@H](CNC(=O)C[NH+]1CCC(C(N)=O)CC1)c1ccccc1. The molecule has 1 heterocycles. The first-order valence-corrected chi connectivity index (χ1v) is 8.00. The Balaban J connectivity index is 1.69. The highest BCUT2D eigenvalue weighted by Crippen LogP contribution is 2.12. The van der Waals surface area contributed by atoms with Gasteiger partial charge in [-0.15, -0.1) is 0 Å². The van der Waals surface area contributed by atoms with E-state index in [-0.39, 0.29) is 17.7 Å². The maximum atomic E-state index is 12.0. The van der Waals surface area contributed by atoms with Gasteiger partial charge in [-0.25, -0.2) is 0 Å². The van der Waals surface area contributed by atoms with Crippen LogP contribution in [0.1, 0.15) is 31.2 Å². The molecule has 0 spiro atoms. The largest absolute Gasteiger partial charge is 0.369 e. The topological polar surface area (TPSA) is 76.6 Å². The van der Waals surface area contributed by atoms with Gasteiger partial charge < -0.3 is 16.0 Å². The molecule has 1 atom stereocenters. The van der Waals surface area contributed by atoms with E-state index in [1.54, 1.807) is 0 Å². The van der Waals surface area contributed by atoms with E-state index in [2.05, 4.69) is 24.4 Å². The van der Waals surface area contributed by atoms with Gasteiger partial charge in [0.15, 0.2) is 6.54 Å². The van der Waals surface area contributed by atoms with Crippen LogP contribution in [0.5, 0.6) is 0 Å². The summed E-state index contributed by atoms with van der Waals surface area (Å²) in [5, 5.41) is 3.01. The van der Waals surface area contributed by atoms with Gasteiger partial charge in [0.25, 0.3) is 5.91 Å². The van der Waals surface area contributed by atoms with Gasteiger partial charge in [-0.2, -0.15) is 0 Å². The van der Waals surface area contributed by atoms with Crippen LogP contribution in [-0.4, -0.2) is 38.0 Å². The summed E-state index contributed by atoms with van der Waals surface area (Å²) in [5.74, 6) is 0.168. The average molecular weight is 304 g/mol. The number of hydrogen-bond donors (Lipinski definition) is 3. The predicted octanol–water partition coefficient (Wildman–Crippen LogP) is -0.313. The smallest absolute Gasteiger partial charge is 0.275 e. The average Bonchev–Trinajstić information content (AvgIpc) is 2.54. The molecule has 5 nitrogen and oxygen atoms in total. The van der Waals surface area contributed by atoms with Crippen molar-refractivity contribution in [1.82, 2.24) is 5.32 Å². The number of benzene rings is 1. The van der Waals surface area contributed by atoms with Crippen molar-refractivity contribution in [2.24, 2.45) is 11.7 Å². The fourth-order valence-corrected chi connectivity index (χ4v) is 2.94. The molecule has 22 heavy (non-hydrogen) atoms. The summed E-state index contributed by atoms with van der Waals surface area (Å²) in [7, 11) is 0. The van der Waals surface area contributed by atoms with Gasteiger partial charge in [-0.3, -0.25) is 9.59 Å². The Kier molecular flexibility index (Phi) is 5.95. The zero-order valence-electron chi connectivity index (χ0n) is 13.2. The van der Waals surface area contributed by atoms with Crippen LogP contribution >= 0.6 is 0 Å². The lowest BCUT2D eigenvalue weighted by atomic mass is 9.96. The Bertz CT molecular complexity index is 496. The second-order valence-corrected chi connectivity index (χ2v) is 6.22. The number of amides is 2. The molecule has 0 bridgehead atoms. The molecule has 2 amide bonds. The van der Waals surface area contributed by atoms with E-state index >= 15 is 0 Å². The number of carbonyl (C=O) groups is 2. The molecule has 0 saturated carbocycles. The van der Waals surface area contributed by atoms with Crippen molar-refractivity contribution in [3.8, 4) is 0 Å². The van der Waals surface area contributed by atoms with Gasteiger partial charge >= 0.3 is 0 Å². The Morgan fingerprint density at radius 2 is 1.91 bits per heavy atom. The van der Waals surface area contributed by atoms with Gasteiger partial charge in [0, 0.05) is 25.3 Å². The molecule has 2 rings (SSSR count). The molecule has 0 radical (unpaired) electrons. The molecule has 1 aromatic carbocycles. The first-order valence-electron chi connectivity index (χ1n) is 8.00. The Labute approximate surface area is 131 Å². The highest BCUT2D eigenvalue weighted by molar-refractivity contribution is 5.77. The van der Waals surface area contributed by atoms with Gasteiger partial charge in [0.1, 0.15) is 0 Å². The van der Waals surface area contributed by atoms with E-state index in [1.807, 2.05) is 18.2 Å². The zero-order valence-corrected chi connectivity index (χ0v) is 13.2. The molecule has 5 heteroatoms. The fraction of sp³-hybridized carbons (Fsp3) is 0.529. The highest BCUT2D eigenvalue weighted by atomic mass is 16.2. The van der Waals surface area contributed by atoms with Crippen molar-refractivity contribution in [2.75, 3.05) is 26.2 Å². The molecule has 1 aliphatic heterocycles. The number of nitrogens with one attached hydrogen (secondary N) is 2. The Morgan fingerprint density at radius 3 is 2.50 bits per heavy atom. The summed E-state index contributed by atoms with van der Waals surface area (Å²) in [6.45, 7) is 4.93. The number of carbonyl (C=O) groups excluding carboxylic acids is 2. The number of hydrogen-bond acceptors (Lipinski definition) is 2. The molecule has 0 aliphatic carbocycles. The van der Waals surface area contributed by atoms with Crippen LogP contribution < -0.4 is 16.0 Å². The van der Waals surface area contributed by atoms with Crippen LogP contribution in [0.3, 0.4) is 0 Å². The quantitative estimate of drug-likeness (QED) is 0.674. The minimum absolute atomic E-state index is 0.00934. The second-order valence-electron chi connectivity index (χ2n) is 6.22. The summed E-state index contributed by atoms with van der Waals surface area (Å²) < 4.78 is 0. The van der Waals surface area contributed by atoms with Crippen molar-refractivity contribution < 1.29 is 14.5 Å². The fourth-order valence-electron chi connectivity index (χ4n) is 2.94. The number of nitrogens with two attached hydrogens (primary N) is 1. The minimum Gasteiger partial charge on any atom is -0.369 e. The number of likely N-dealkylation sites (tertiary alicyclic amines) is 1. The Hall–Kier alpha value is -1.88. The molecule has 0 aromatic heterocycles. The normalized spacial score (nSPS) is 22.8. The van der Waals surface area contributed by atoms with Gasteiger partial charge in [-0.1, -0.05) is 37.3 Å². The summed E-state index contributed by atoms with van der Waals surface area (Å²) >= 11 is 0. The molecular weight excluding hydrogens is 278 g/mol. The Morgan fingerprint density at radius 1 is 1.27 bits per heavy atom. The lowest BCUT2D eigenvalue weighted by Gasteiger charge is -2.27. The number of piperidine rings is 1. The first-order chi connectivity index (χ1) is 10.6. The van der Waals surface area contributed by atoms with E-state index in [0.29, 0.717) is 19.0 Å². The van der Waals surface area contributed by atoms with E-state index in [0.717, 1.165) is 25.9 Å². The third-order valence-electron chi connectivity index (χ3n) is 4.48. The highest BCUT2D eigenvalue weighted by Gasteiger charge is 2.26. The third-order valence-corrected chi connectivity index (χ3v) is 4.48. The van der Waals surface area contributed by atoms with Crippen molar-refractivity contribution >= 4 is 11.8 Å². The lowest BCUT2D eigenvalue weighted by molar-refractivity contribution is -0.897.